The predicted molar refractivity (Wildman–Crippen MR) is 121 cm³/mol. The summed E-state index contributed by atoms with van der Waals surface area (Å²) in [6.45, 7) is 1.22. The Morgan fingerprint density at radius 1 is 0.781 bits per heavy atom. The van der Waals surface area contributed by atoms with Gasteiger partial charge in [-0.3, -0.25) is 9.59 Å². The fourth-order valence-electron chi connectivity index (χ4n) is 3.07. The van der Waals surface area contributed by atoms with Crippen LogP contribution in [0.2, 0.25) is 0 Å². The van der Waals surface area contributed by atoms with Gasteiger partial charge in [0.2, 0.25) is 0 Å². The van der Waals surface area contributed by atoms with E-state index >= 15 is 0 Å². The number of Topliss-reactive ketones (excluding diaryl/α,β-unsaturated/α-hetero) is 1. The number of hydrogen-bond acceptors (Lipinski definition) is 6. The van der Waals surface area contributed by atoms with Crippen molar-refractivity contribution in [3.8, 4) is 0 Å². The highest BCUT2D eigenvalue weighted by molar-refractivity contribution is 5.98. The number of nitrogens with one attached hydrogen (secondary N) is 1. The first kappa shape index (κ1) is 22.7. The minimum absolute atomic E-state index is 0.187. The van der Waals surface area contributed by atoms with Crippen LogP contribution in [0, 0.1) is 0 Å². The summed E-state index contributed by atoms with van der Waals surface area (Å²) >= 11 is 0. The van der Waals surface area contributed by atoms with Gasteiger partial charge in [0, 0.05) is 24.6 Å². The zero-order valence-electron chi connectivity index (χ0n) is 17.8. The van der Waals surface area contributed by atoms with Gasteiger partial charge >= 0.3 is 11.9 Å². The highest BCUT2D eigenvalue weighted by Crippen LogP contribution is 2.15. The van der Waals surface area contributed by atoms with Gasteiger partial charge in [-0.1, -0.05) is 72.8 Å². The third kappa shape index (κ3) is 7.09. The second kappa shape index (κ2) is 11.5. The van der Waals surface area contributed by atoms with Gasteiger partial charge in [-0.15, -0.1) is 0 Å². The van der Waals surface area contributed by atoms with Crippen molar-refractivity contribution < 1.29 is 23.9 Å². The normalized spacial score (nSPS) is 11.3. The smallest absolute Gasteiger partial charge is 0.329 e. The molecule has 0 fully saturated rings. The second-order valence-corrected chi connectivity index (χ2v) is 7.26. The van der Waals surface area contributed by atoms with Crippen molar-refractivity contribution in [1.29, 1.82) is 0 Å². The number of anilines is 1. The van der Waals surface area contributed by atoms with Crippen LogP contribution in [0.4, 0.5) is 5.69 Å². The van der Waals surface area contributed by atoms with Crippen LogP contribution in [-0.4, -0.2) is 30.4 Å². The monoisotopic (exact) mass is 431 g/mol. The summed E-state index contributed by atoms with van der Waals surface area (Å²) in [4.78, 5) is 36.1. The molecule has 3 rings (SSSR count). The summed E-state index contributed by atoms with van der Waals surface area (Å²) in [6, 6.07) is 24.9. The number of ketones is 1. The molecule has 0 amide bonds. The lowest BCUT2D eigenvalue weighted by atomic mass is 10.1. The van der Waals surface area contributed by atoms with E-state index in [1.165, 1.54) is 6.92 Å². The van der Waals surface area contributed by atoms with Gasteiger partial charge in [0.1, 0.15) is 12.6 Å². The number of ether oxygens (including phenoxy) is 2. The molecule has 3 aromatic rings. The lowest BCUT2D eigenvalue weighted by Gasteiger charge is -2.19. The van der Waals surface area contributed by atoms with Crippen LogP contribution < -0.4 is 5.32 Å². The number of carbonyl (C=O) groups excluding carboxylic acids is 3. The maximum atomic E-state index is 12.8. The van der Waals surface area contributed by atoms with E-state index in [1.54, 1.807) is 36.4 Å². The first-order valence-corrected chi connectivity index (χ1v) is 10.3. The molecule has 1 N–H and O–H groups in total. The van der Waals surface area contributed by atoms with Crippen LogP contribution in [0.1, 0.15) is 28.4 Å². The Balaban J connectivity index is 1.66. The Bertz CT molecular complexity index is 1030. The molecule has 0 spiro atoms. The third-order valence-electron chi connectivity index (χ3n) is 4.75. The molecule has 6 heteroatoms. The van der Waals surface area contributed by atoms with Crippen molar-refractivity contribution >= 4 is 23.4 Å². The third-order valence-corrected chi connectivity index (χ3v) is 4.75. The molecule has 32 heavy (non-hydrogen) atoms. The number of rotatable bonds is 10. The molecule has 0 aliphatic carbocycles. The fraction of sp³-hybridized carbons (Fsp3) is 0.192. The molecular formula is C26H25NO5. The highest BCUT2D eigenvalue weighted by atomic mass is 16.5. The molecule has 6 nitrogen and oxygen atoms in total. The maximum Gasteiger partial charge on any atom is 0.329 e. The van der Waals surface area contributed by atoms with E-state index < -0.39 is 12.0 Å². The van der Waals surface area contributed by atoms with Gasteiger partial charge in [0.05, 0.1) is 0 Å². The van der Waals surface area contributed by atoms with Gasteiger partial charge in [0.25, 0.3) is 0 Å². The largest absolute Gasteiger partial charge is 0.461 e. The Morgan fingerprint density at radius 3 is 2.03 bits per heavy atom. The van der Waals surface area contributed by atoms with E-state index in [0.717, 1.165) is 11.1 Å². The summed E-state index contributed by atoms with van der Waals surface area (Å²) < 4.78 is 10.3. The van der Waals surface area contributed by atoms with Crippen LogP contribution >= 0.6 is 0 Å². The van der Waals surface area contributed by atoms with Crippen LogP contribution in [-0.2, 0) is 32.1 Å². The average Bonchev–Trinajstić information content (AvgIpc) is 2.82. The topological polar surface area (TPSA) is 81.7 Å². The minimum atomic E-state index is -0.680. The number of esters is 2. The minimum Gasteiger partial charge on any atom is -0.461 e. The summed E-state index contributed by atoms with van der Waals surface area (Å²) in [5, 5.41) is 3.19. The molecule has 0 aromatic heterocycles. The molecule has 0 bridgehead atoms. The van der Waals surface area contributed by atoms with Crippen molar-refractivity contribution in [3.63, 3.8) is 0 Å². The van der Waals surface area contributed by atoms with Crippen molar-refractivity contribution in [2.24, 2.45) is 0 Å². The molecule has 0 aliphatic heterocycles. The van der Waals surface area contributed by atoms with Crippen LogP contribution in [0.5, 0.6) is 0 Å². The van der Waals surface area contributed by atoms with E-state index in [1.807, 2.05) is 48.5 Å². The van der Waals surface area contributed by atoms with Crippen molar-refractivity contribution in [2.45, 2.75) is 26.0 Å². The van der Waals surface area contributed by atoms with Crippen LogP contribution in [0.25, 0.3) is 0 Å². The van der Waals surface area contributed by atoms with Gasteiger partial charge < -0.3 is 14.8 Å². The average molecular weight is 431 g/mol. The van der Waals surface area contributed by atoms with E-state index in [0.29, 0.717) is 17.7 Å². The Morgan fingerprint density at radius 2 is 1.41 bits per heavy atom. The lowest BCUT2D eigenvalue weighted by Crippen LogP contribution is -2.34. The van der Waals surface area contributed by atoms with Gasteiger partial charge in [-0.2, -0.15) is 0 Å². The maximum absolute atomic E-state index is 12.8. The Hall–Kier alpha value is -3.93. The van der Waals surface area contributed by atoms with Crippen molar-refractivity contribution in [3.05, 3.63) is 102 Å². The van der Waals surface area contributed by atoms with E-state index in [4.69, 9.17) is 9.47 Å². The Labute approximate surface area is 187 Å². The molecule has 0 heterocycles. The predicted octanol–water partition coefficient (Wildman–Crippen LogP) is 4.20. The van der Waals surface area contributed by atoms with Gasteiger partial charge in [-0.25, -0.2) is 4.79 Å². The molecule has 0 saturated carbocycles. The van der Waals surface area contributed by atoms with Crippen LogP contribution in [0.3, 0.4) is 0 Å². The summed E-state index contributed by atoms with van der Waals surface area (Å²) in [7, 11) is 0. The van der Waals surface area contributed by atoms with Gasteiger partial charge in [-0.05, 0) is 23.3 Å². The van der Waals surface area contributed by atoms with E-state index in [-0.39, 0.29) is 25.0 Å². The highest BCUT2D eigenvalue weighted by Gasteiger charge is 2.22. The molecule has 0 aliphatic rings. The van der Waals surface area contributed by atoms with Crippen LogP contribution in [0.15, 0.2) is 84.9 Å². The van der Waals surface area contributed by atoms with E-state index in [9.17, 15) is 14.4 Å². The number of benzene rings is 3. The molecule has 0 saturated heterocycles. The summed E-state index contributed by atoms with van der Waals surface area (Å²) in [5.74, 6) is -1.11. The first-order valence-electron chi connectivity index (χ1n) is 10.3. The molecule has 0 radical (unpaired) electrons. The van der Waals surface area contributed by atoms with E-state index in [2.05, 4.69) is 5.32 Å². The molecule has 1 unspecified atom stereocenters. The molecular weight excluding hydrogens is 406 g/mol. The van der Waals surface area contributed by atoms with Gasteiger partial charge in [0.15, 0.2) is 12.4 Å². The van der Waals surface area contributed by atoms with Crippen molar-refractivity contribution in [2.75, 3.05) is 11.9 Å². The zero-order valence-corrected chi connectivity index (χ0v) is 17.8. The number of hydrogen-bond donors (Lipinski definition) is 1. The lowest BCUT2D eigenvalue weighted by molar-refractivity contribution is -0.143. The summed E-state index contributed by atoms with van der Waals surface area (Å²) in [5.41, 5.74) is 3.00. The summed E-state index contributed by atoms with van der Waals surface area (Å²) in [6.07, 6.45) is 0.397. The van der Waals surface area contributed by atoms with Crippen molar-refractivity contribution in [1.82, 2.24) is 0 Å². The second-order valence-electron chi connectivity index (χ2n) is 7.26. The fourth-order valence-corrected chi connectivity index (χ4v) is 3.07. The quantitative estimate of drug-likeness (QED) is 0.383. The SMILES string of the molecule is CC(=O)OCc1ccc(NC(Cc2ccccc2)C(=O)OCC(=O)c2ccccc2)cc1. The first-order chi connectivity index (χ1) is 15.5. The zero-order chi connectivity index (χ0) is 22.8. The standard InChI is InChI=1S/C26H25NO5/c1-19(28)31-17-21-12-14-23(15-13-21)27-24(16-20-8-4-2-5-9-20)26(30)32-18-25(29)22-10-6-3-7-11-22/h2-15,24,27H,16-18H2,1H3. The molecule has 1 atom stereocenters. The number of carbonyl (C=O) groups is 3. The Kier molecular flexibility index (Phi) is 8.15. The molecule has 164 valence electrons. The molecule has 3 aromatic carbocycles.